The lowest BCUT2D eigenvalue weighted by atomic mass is 10.0. The van der Waals surface area contributed by atoms with E-state index in [1.807, 2.05) is 0 Å². The van der Waals surface area contributed by atoms with Crippen LogP contribution in [0.15, 0.2) is 0 Å². The van der Waals surface area contributed by atoms with E-state index in [0.717, 1.165) is 18.9 Å². The molecule has 3 heteroatoms. The molecule has 1 heterocycles. The van der Waals surface area contributed by atoms with Crippen LogP contribution in [0, 0.1) is 5.92 Å². The molecule has 2 aliphatic carbocycles. The predicted molar refractivity (Wildman–Crippen MR) is 67.7 cm³/mol. The fraction of sp³-hybridized carbons (Fsp3) is 0.929. The van der Waals surface area contributed by atoms with Crippen molar-refractivity contribution in [3.8, 4) is 0 Å². The second kappa shape index (κ2) is 4.60. The molecular formula is C14H24N2O. The van der Waals surface area contributed by atoms with Crippen molar-refractivity contribution in [3.63, 3.8) is 0 Å². The third kappa shape index (κ3) is 2.49. The van der Waals surface area contributed by atoms with Gasteiger partial charge in [0.2, 0.25) is 5.91 Å². The lowest BCUT2D eigenvalue weighted by Crippen LogP contribution is -2.52. The summed E-state index contributed by atoms with van der Waals surface area (Å²) in [5, 5.41) is 3.51. The van der Waals surface area contributed by atoms with Crippen LogP contribution in [0.4, 0.5) is 0 Å². The Bertz CT molecular complexity index is 301. The molecule has 3 atom stereocenters. The van der Waals surface area contributed by atoms with Crippen molar-refractivity contribution < 1.29 is 4.79 Å². The average Bonchev–Trinajstić information content (AvgIpc) is 3.18. The van der Waals surface area contributed by atoms with Gasteiger partial charge in [0.05, 0.1) is 6.04 Å². The molecule has 3 unspecified atom stereocenters. The highest BCUT2D eigenvalue weighted by Crippen LogP contribution is 2.40. The zero-order valence-corrected chi connectivity index (χ0v) is 10.8. The van der Waals surface area contributed by atoms with Gasteiger partial charge in [0.1, 0.15) is 0 Å². The van der Waals surface area contributed by atoms with Gasteiger partial charge in [-0.3, -0.25) is 4.79 Å². The van der Waals surface area contributed by atoms with Crippen LogP contribution in [0.25, 0.3) is 0 Å². The van der Waals surface area contributed by atoms with Crippen LogP contribution >= 0.6 is 0 Å². The number of rotatable bonds is 5. The van der Waals surface area contributed by atoms with Crippen molar-refractivity contribution in [2.45, 2.75) is 70.0 Å². The van der Waals surface area contributed by atoms with Crippen LogP contribution in [0.5, 0.6) is 0 Å². The Labute approximate surface area is 104 Å². The zero-order valence-electron chi connectivity index (χ0n) is 10.8. The molecule has 1 saturated heterocycles. The fourth-order valence-electron chi connectivity index (χ4n) is 3.21. The highest BCUT2D eigenvalue weighted by molar-refractivity contribution is 5.83. The molecule has 0 aromatic rings. The summed E-state index contributed by atoms with van der Waals surface area (Å²) in [7, 11) is 0. The summed E-state index contributed by atoms with van der Waals surface area (Å²) in [6.45, 7) is 3.25. The number of hydrogen-bond donors (Lipinski definition) is 1. The largest absolute Gasteiger partial charge is 0.338 e. The molecule has 3 aliphatic rings. The van der Waals surface area contributed by atoms with Crippen molar-refractivity contribution in [1.82, 2.24) is 10.2 Å². The Hall–Kier alpha value is -0.570. The molecule has 0 aromatic heterocycles. The SMILES string of the molecule is CCCC1CC1N1CCCC(NC2CC2)C1=O. The first-order chi connectivity index (χ1) is 8.29. The summed E-state index contributed by atoms with van der Waals surface area (Å²) in [6, 6.07) is 1.37. The number of nitrogens with zero attached hydrogens (tertiary/aromatic N) is 1. The number of carbonyl (C=O) groups is 1. The Morgan fingerprint density at radius 1 is 1.35 bits per heavy atom. The maximum absolute atomic E-state index is 12.4. The number of carbonyl (C=O) groups excluding carboxylic acids is 1. The monoisotopic (exact) mass is 236 g/mol. The predicted octanol–water partition coefficient (Wildman–Crippen LogP) is 1.92. The standard InChI is InChI=1S/C14H24N2O/c1-2-4-10-9-13(10)16-8-3-5-12(14(16)17)15-11-6-7-11/h10-13,15H,2-9H2,1H3. The highest BCUT2D eigenvalue weighted by atomic mass is 16.2. The van der Waals surface area contributed by atoms with E-state index >= 15 is 0 Å². The summed E-state index contributed by atoms with van der Waals surface area (Å²) >= 11 is 0. The van der Waals surface area contributed by atoms with E-state index in [-0.39, 0.29) is 6.04 Å². The summed E-state index contributed by atoms with van der Waals surface area (Å²) in [4.78, 5) is 14.6. The number of likely N-dealkylation sites (tertiary alicyclic amines) is 1. The van der Waals surface area contributed by atoms with Gasteiger partial charge in [-0.15, -0.1) is 0 Å². The Kier molecular flexibility index (Phi) is 3.12. The highest BCUT2D eigenvalue weighted by Gasteiger charge is 2.45. The maximum Gasteiger partial charge on any atom is 0.239 e. The van der Waals surface area contributed by atoms with Gasteiger partial charge in [-0.1, -0.05) is 13.3 Å². The van der Waals surface area contributed by atoms with Crippen molar-refractivity contribution >= 4 is 5.91 Å². The normalized spacial score (nSPS) is 37.4. The summed E-state index contributed by atoms with van der Waals surface area (Å²) in [6.07, 6.45) is 8.59. The molecule has 3 nitrogen and oxygen atoms in total. The molecule has 17 heavy (non-hydrogen) atoms. The molecule has 0 aromatic carbocycles. The average molecular weight is 236 g/mol. The van der Waals surface area contributed by atoms with Gasteiger partial charge < -0.3 is 10.2 Å². The van der Waals surface area contributed by atoms with E-state index in [4.69, 9.17) is 0 Å². The van der Waals surface area contributed by atoms with E-state index in [9.17, 15) is 4.79 Å². The van der Waals surface area contributed by atoms with E-state index in [1.165, 1.54) is 38.5 Å². The Morgan fingerprint density at radius 3 is 2.88 bits per heavy atom. The first-order valence-electron chi connectivity index (χ1n) is 7.36. The van der Waals surface area contributed by atoms with Gasteiger partial charge in [0.25, 0.3) is 0 Å². The van der Waals surface area contributed by atoms with Gasteiger partial charge in [0, 0.05) is 18.6 Å². The van der Waals surface area contributed by atoms with E-state index in [0.29, 0.717) is 18.0 Å². The molecule has 0 radical (unpaired) electrons. The first kappa shape index (κ1) is 11.5. The smallest absolute Gasteiger partial charge is 0.239 e. The number of hydrogen-bond acceptors (Lipinski definition) is 2. The number of amides is 1. The van der Waals surface area contributed by atoms with Crippen LogP contribution in [-0.4, -0.2) is 35.5 Å². The van der Waals surface area contributed by atoms with Crippen molar-refractivity contribution in [3.05, 3.63) is 0 Å². The van der Waals surface area contributed by atoms with E-state index < -0.39 is 0 Å². The van der Waals surface area contributed by atoms with Crippen LogP contribution in [0.3, 0.4) is 0 Å². The molecule has 96 valence electrons. The van der Waals surface area contributed by atoms with Crippen molar-refractivity contribution in [2.24, 2.45) is 5.92 Å². The topological polar surface area (TPSA) is 32.3 Å². The second-order valence-electron chi connectivity index (χ2n) is 6.02. The molecule has 1 N–H and O–H groups in total. The lowest BCUT2D eigenvalue weighted by molar-refractivity contribution is -0.136. The summed E-state index contributed by atoms with van der Waals surface area (Å²) < 4.78 is 0. The number of nitrogens with one attached hydrogen (secondary N) is 1. The quantitative estimate of drug-likeness (QED) is 0.791. The van der Waals surface area contributed by atoms with Crippen LogP contribution in [0.2, 0.25) is 0 Å². The molecule has 0 spiro atoms. The van der Waals surface area contributed by atoms with Gasteiger partial charge in [0.15, 0.2) is 0 Å². The van der Waals surface area contributed by atoms with Crippen molar-refractivity contribution in [2.75, 3.05) is 6.54 Å². The minimum Gasteiger partial charge on any atom is -0.338 e. The number of piperidine rings is 1. The second-order valence-corrected chi connectivity index (χ2v) is 6.02. The summed E-state index contributed by atoms with van der Waals surface area (Å²) in [5.74, 6) is 1.20. The minimum absolute atomic E-state index is 0.138. The Morgan fingerprint density at radius 2 is 2.18 bits per heavy atom. The zero-order chi connectivity index (χ0) is 11.8. The summed E-state index contributed by atoms with van der Waals surface area (Å²) in [5.41, 5.74) is 0. The molecule has 0 bridgehead atoms. The van der Waals surface area contributed by atoms with Gasteiger partial charge in [-0.05, 0) is 44.4 Å². The molecule has 1 amide bonds. The molecule has 1 aliphatic heterocycles. The fourth-order valence-corrected chi connectivity index (χ4v) is 3.21. The Balaban J connectivity index is 1.55. The lowest BCUT2D eigenvalue weighted by Gasteiger charge is -2.33. The van der Waals surface area contributed by atoms with Crippen LogP contribution < -0.4 is 5.32 Å². The molecule has 3 fully saturated rings. The van der Waals surface area contributed by atoms with Crippen molar-refractivity contribution in [1.29, 1.82) is 0 Å². The molecule has 3 rings (SSSR count). The van der Waals surface area contributed by atoms with E-state index in [2.05, 4.69) is 17.1 Å². The maximum atomic E-state index is 12.4. The van der Waals surface area contributed by atoms with Crippen LogP contribution in [-0.2, 0) is 4.79 Å². The first-order valence-corrected chi connectivity index (χ1v) is 7.36. The molecular weight excluding hydrogens is 212 g/mol. The van der Waals surface area contributed by atoms with Gasteiger partial charge in [-0.2, -0.15) is 0 Å². The molecule has 2 saturated carbocycles. The third-order valence-electron chi connectivity index (χ3n) is 4.43. The van der Waals surface area contributed by atoms with E-state index in [1.54, 1.807) is 0 Å². The van der Waals surface area contributed by atoms with Crippen LogP contribution in [0.1, 0.15) is 51.9 Å². The minimum atomic E-state index is 0.138. The van der Waals surface area contributed by atoms with Gasteiger partial charge >= 0.3 is 0 Å². The third-order valence-corrected chi connectivity index (χ3v) is 4.43. The van der Waals surface area contributed by atoms with Gasteiger partial charge in [-0.25, -0.2) is 0 Å².